The molecule has 0 atom stereocenters. The summed E-state index contributed by atoms with van der Waals surface area (Å²) in [5, 5.41) is 10.2. The summed E-state index contributed by atoms with van der Waals surface area (Å²) in [6, 6.07) is 16.4. The smallest absolute Gasteiger partial charge is 0.146 e. The van der Waals surface area contributed by atoms with Crippen molar-refractivity contribution in [2.45, 2.75) is 38.5 Å². The second-order valence-corrected chi connectivity index (χ2v) is 18.3. The third-order valence-electron chi connectivity index (χ3n) is 8.53. The molecule has 2 fully saturated rings. The van der Waals surface area contributed by atoms with E-state index in [2.05, 4.69) is 68.2 Å². The lowest BCUT2D eigenvalue weighted by Crippen LogP contribution is -2.56. The Morgan fingerprint density at radius 2 is 1.80 bits per heavy atom. The SMILES string of the molecule is COc1cc(-c2cc3c(-c4ccc(F)c(C#N)c4)ncnc3n2COCC[Si](C)(C)C)ccc1N1CCN(C2COC2)CC1. The number of methoxy groups -OCH3 is 1. The molecule has 0 bridgehead atoms. The molecule has 44 heavy (non-hydrogen) atoms. The molecule has 2 aliphatic heterocycles. The lowest BCUT2D eigenvalue weighted by molar-refractivity contribution is -0.0660. The van der Waals surface area contributed by atoms with Crippen LogP contribution >= 0.6 is 0 Å². The molecule has 2 aromatic carbocycles. The summed E-state index contributed by atoms with van der Waals surface area (Å²) < 4.78 is 33.8. The predicted molar refractivity (Wildman–Crippen MR) is 172 cm³/mol. The molecule has 0 aliphatic carbocycles. The van der Waals surface area contributed by atoms with E-state index >= 15 is 0 Å². The average Bonchev–Trinajstić information content (AvgIpc) is 3.37. The minimum absolute atomic E-state index is 0.0224. The Labute approximate surface area is 258 Å². The van der Waals surface area contributed by atoms with E-state index in [1.54, 1.807) is 13.2 Å². The van der Waals surface area contributed by atoms with Crippen LogP contribution in [0, 0.1) is 17.1 Å². The van der Waals surface area contributed by atoms with Crippen LogP contribution in [0.2, 0.25) is 25.7 Å². The molecule has 0 unspecified atom stereocenters. The van der Waals surface area contributed by atoms with Crippen LogP contribution in [0.1, 0.15) is 5.56 Å². The molecule has 0 saturated carbocycles. The van der Waals surface area contributed by atoms with Gasteiger partial charge in [-0.25, -0.2) is 14.4 Å². The monoisotopic (exact) mass is 614 g/mol. The normalized spacial score (nSPS) is 16.2. The Bertz CT molecular complexity index is 1690. The highest BCUT2D eigenvalue weighted by molar-refractivity contribution is 6.76. The van der Waals surface area contributed by atoms with Crippen molar-refractivity contribution in [3.05, 3.63) is 60.2 Å². The van der Waals surface area contributed by atoms with Gasteiger partial charge in [0.2, 0.25) is 0 Å². The fraction of sp³-hybridized carbons (Fsp3) is 0.424. The van der Waals surface area contributed by atoms with Crippen molar-refractivity contribution in [1.82, 2.24) is 19.4 Å². The highest BCUT2D eigenvalue weighted by atomic mass is 28.3. The lowest BCUT2D eigenvalue weighted by atomic mass is 10.0. The Hall–Kier alpha value is -3.82. The number of benzene rings is 2. The van der Waals surface area contributed by atoms with E-state index in [1.165, 1.54) is 18.5 Å². The van der Waals surface area contributed by atoms with Gasteiger partial charge in [-0.15, -0.1) is 0 Å². The van der Waals surface area contributed by atoms with Crippen LogP contribution in [0.15, 0.2) is 48.8 Å². The minimum Gasteiger partial charge on any atom is -0.495 e. The van der Waals surface area contributed by atoms with Gasteiger partial charge in [0.15, 0.2) is 0 Å². The molecule has 11 heteroatoms. The largest absolute Gasteiger partial charge is 0.495 e. The van der Waals surface area contributed by atoms with Crippen LogP contribution in [0.3, 0.4) is 0 Å². The number of hydrogen-bond donors (Lipinski definition) is 0. The van der Waals surface area contributed by atoms with Crippen LogP contribution in [0.4, 0.5) is 10.1 Å². The van der Waals surface area contributed by atoms with Crippen molar-refractivity contribution in [2.24, 2.45) is 0 Å². The fourth-order valence-electron chi connectivity index (χ4n) is 5.82. The number of anilines is 1. The quantitative estimate of drug-likeness (QED) is 0.168. The van der Waals surface area contributed by atoms with Gasteiger partial charge in [-0.2, -0.15) is 5.26 Å². The van der Waals surface area contributed by atoms with Crippen molar-refractivity contribution < 1.29 is 18.6 Å². The maximum Gasteiger partial charge on any atom is 0.146 e. The van der Waals surface area contributed by atoms with Crippen molar-refractivity contribution in [3.63, 3.8) is 0 Å². The van der Waals surface area contributed by atoms with E-state index in [1.807, 2.05) is 6.07 Å². The number of halogens is 1. The molecule has 2 aromatic heterocycles. The van der Waals surface area contributed by atoms with Gasteiger partial charge in [0.25, 0.3) is 0 Å². The van der Waals surface area contributed by atoms with E-state index < -0.39 is 13.9 Å². The number of piperazine rings is 1. The number of rotatable bonds is 10. The van der Waals surface area contributed by atoms with Gasteiger partial charge in [0.1, 0.15) is 36.3 Å². The molecule has 2 saturated heterocycles. The summed E-state index contributed by atoms with van der Waals surface area (Å²) in [7, 11) is 0.443. The van der Waals surface area contributed by atoms with Gasteiger partial charge >= 0.3 is 0 Å². The third kappa shape index (κ3) is 6.21. The molecule has 0 N–H and O–H groups in total. The second kappa shape index (κ2) is 12.7. The number of fused-ring (bicyclic) bond motifs is 1. The van der Waals surface area contributed by atoms with Gasteiger partial charge in [0, 0.05) is 57.4 Å². The Morgan fingerprint density at radius 3 is 2.48 bits per heavy atom. The lowest BCUT2D eigenvalue weighted by Gasteiger charge is -2.43. The van der Waals surface area contributed by atoms with Gasteiger partial charge in [-0.1, -0.05) is 25.7 Å². The topological polar surface area (TPSA) is 88.7 Å². The minimum atomic E-state index is -1.27. The zero-order valence-corrected chi connectivity index (χ0v) is 26.8. The standard InChI is InChI=1S/C33H39FN6O3Si/c1-41-31-16-23(6-8-29(31)39-11-9-38(10-12-39)26-19-43-20-26)30-17-27-32(24-5-7-28(34)25(15-24)18-35)36-21-37-33(27)40(30)22-42-13-14-44(2,3)4/h5-8,15-17,21,26H,9-14,19-20,22H2,1-4H3. The molecule has 0 radical (unpaired) electrons. The van der Waals surface area contributed by atoms with E-state index in [9.17, 15) is 9.65 Å². The Morgan fingerprint density at radius 1 is 1.02 bits per heavy atom. The fourth-order valence-corrected chi connectivity index (χ4v) is 6.57. The molecule has 0 spiro atoms. The van der Waals surface area contributed by atoms with Crippen LogP contribution < -0.4 is 9.64 Å². The van der Waals surface area contributed by atoms with Crippen molar-refractivity contribution in [3.8, 4) is 34.3 Å². The van der Waals surface area contributed by atoms with Crippen molar-refractivity contribution >= 4 is 24.8 Å². The molecule has 9 nitrogen and oxygen atoms in total. The number of nitriles is 1. The molecule has 4 aromatic rings. The summed E-state index contributed by atoms with van der Waals surface area (Å²) in [5.74, 6) is 0.254. The van der Waals surface area contributed by atoms with Crippen LogP contribution in [0.25, 0.3) is 33.5 Å². The van der Waals surface area contributed by atoms with E-state index in [0.717, 1.165) is 73.5 Å². The van der Waals surface area contributed by atoms with Crippen LogP contribution in [0.5, 0.6) is 5.75 Å². The maximum absolute atomic E-state index is 14.2. The Balaban J connectivity index is 1.36. The second-order valence-electron chi connectivity index (χ2n) is 12.7. The first-order chi connectivity index (χ1) is 21.3. The zero-order chi connectivity index (χ0) is 30.8. The molecule has 2 aliphatic rings. The van der Waals surface area contributed by atoms with Crippen molar-refractivity contribution in [1.29, 1.82) is 5.26 Å². The van der Waals surface area contributed by atoms with Crippen LogP contribution in [-0.2, 0) is 16.2 Å². The van der Waals surface area contributed by atoms with Gasteiger partial charge in [-0.3, -0.25) is 4.90 Å². The van der Waals surface area contributed by atoms with Gasteiger partial charge in [-0.05, 0) is 42.4 Å². The first-order valence-electron chi connectivity index (χ1n) is 15.1. The number of ether oxygens (including phenoxy) is 3. The zero-order valence-electron chi connectivity index (χ0n) is 25.8. The summed E-state index contributed by atoms with van der Waals surface area (Å²) in [4.78, 5) is 14.1. The number of aromatic nitrogens is 3. The molecule has 4 heterocycles. The van der Waals surface area contributed by atoms with Crippen molar-refractivity contribution in [2.75, 3.05) is 58.0 Å². The highest BCUT2D eigenvalue weighted by Gasteiger charge is 2.30. The van der Waals surface area contributed by atoms with Gasteiger partial charge < -0.3 is 23.7 Å². The van der Waals surface area contributed by atoms with E-state index in [-0.39, 0.29) is 5.56 Å². The van der Waals surface area contributed by atoms with Gasteiger partial charge in [0.05, 0.1) is 49.0 Å². The molecule has 230 valence electrons. The summed E-state index contributed by atoms with van der Waals surface area (Å²) in [6.07, 6.45) is 1.51. The predicted octanol–water partition coefficient (Wildman–Crippen LogP) is 5.62. The van der Waals surface area contributed by atoms with E-state index in [0.29, 0.717) is 36.3 Å². The third-order valence-corrected chi connectivity index (χ3v) is 10.2. The summed E-state index contributed by atoms with van der Waals surface area (Å²) in [6.45, 7) is 13.5. The highest BCUT2D eigenvalue weighted by Crippen LogP contribution is 2.38. The number of hydrogen-bond acceptors (Lipinski definition) is 8. The summed E-state index contributed by atoms with van der Waals surface area (Å²) >= 11 is 0. The first-order valence-corrected chi connectivity index (χ1v) is 18.8. The maximum atomic E-state index is 14.2. The Kier molecular flexibility index (Phi) is 8.69. The molecule has 6 rings (SSSR count). The molecule has 0 amide bonds. The van der Waals surface area contributed by atoms with Crippen LogP contribution in [-0.4, -0.2) is 86.7 Å². The molecular weight excluding hydrogens is 575 g/mol. The summed E-state index contributed by atoms with van der Waals surface area (Å²) in [5.41, 5.74) is 4.92. The van der Waals surface area contributed by atoms with E-state index in [4.69, 9.17) is 14.2 Å². The average molecular weight is 615 g/mol. The molecular formula is C33H39FN6O3Si. The first kappa shape index (κ1) is 30.2. The number of nitrogens with zero attached hydrogens (tertiary/aromatic N) is 6.